The second-order valence-electron chi connectivity index (χ2n) is 5.75. The topological polar surface area (TPSA) is 73.2 Å². The number of hydrogen-bond donors (Lipinski definition) is 1. The van der Waals surface area contributed by atoms with Gasteiger partial charge in [0.05, 0.1) is 23.5 Å². The molecular formula is C17H23N3O3. The minimum absolute atomic E-state index is 0.0922. The highest BCUT2D eigenvalue weighted by atomic mass is 16.5. The highest BCUT2D eigenvalue weighted by Gasteiger charge is 2.16. The van der Waals surface area contributed by atoms with E-state index >= 15 is 0 Å². The number of carbonyl (C=O) groups is 2. The Bertz CT molecular complexity index is 679. The first-order chi connectivity index (χ1) is 11.0. The summed E-state index contributed by atoms with van der Waals surface area (Å²) >= 11 is 0. The minimum atomic E-state index is -0.356. The van der Waals surface area contributed by atoms with Crippen molar-refractivity contribution in [3.05, 3.63) is 30.6 Å². The fourth-order valence-electron chi connectivity index (χ4n) is 2.33. The van der Waals surface area contributed by atoms with Crippen LogP contribution in [0.5, 0.6) is 0 Å². The summed E-state index contributed by atoms with van der Waals surface area (Å²) < 4.78 is 6.89. The Balaban J connectivity index is 1.83. The molecule has 0 fully saturated rings. The zero-order valence-electron chi connectivity index (χ0n) is 13.8. The first-order valence-electron chi connectivity index (χ1n) is 7.88. The number of esters is 1. The molecule has 1 heterocycles. The molecule has 1 N–H and O–H groups in total. The molecule has 0 aliphatic heterocycles. The highest BCUT2D eigenvalue weighted by Crippen LogP contribution is 2.17. The molecule has 1 aromatic carbocycles. The Kier molecular flexibility index (Phi) is 5.73. The number of hydrogen-bond acceptors (Lipinski definition) is 4. The second-order valence-corrected chi connectivity index (χ2v) is 5.75. The van der Waals surface area contributed by atoms with Gasteiger partial charge in [-0.1, -0.05) is 12.1 Å². The van der Waals surface area contributed by atoms with Gasteiger partial charge in [-0.15, -0.1) is 0 Å². The van der Waals surface area contributed by atoms with Gasteiger partial charge in [0.15, 0.2) is 0 Å². The van der Waals surface area contributed by atoms with E-state index in [1.165, 1.54) is 0 Å². The molecule has 0 aliphatic carbocycles. The quantitative estimate of drug-likeness (QED) is 0.629. The molecule has 2 aromatic rings. The predicted molar refractivity (Wildman–Crippen MR) is 87.9 cm³/mol. The van der Waals surface area contributed by atoms with Gasteiger partial charge >= 0.3 is 5.97 Å². The highest BCUT2D eigenvalue weighted by molar-refractivity contribution is 5.83. The SMILES string of the molecule is CC(C)OC(=O)CCCNC(=O)C(C)n1cnc2ccccc21. The molecule has 1 amide bonds. The number of rotatable bonds is 7. The van der Waals surface area contributed by atoms with Crippen LogP contribution in [0.25, 0.3) is 11.0 Å². The number of ether oxygens (including phenoxy) is 1. The van der Waals surface area contributed by atoms with Crippen LogP contribution in [0.15, 0.2) is 30.6 Å². The molecule has 23 heavy (non-hydrogen) atoms. The molecule has 1 aromatic heterocycles. The molecule has 0 bridgehead atoms. The van der Waals surface area contributed by atoms with Crippen molar-refractivity contribution in [3.63, 3.8) is 0 Å². The van der Waals surface area contributed by atoms with Gasteiger partial charge in [-0.2, -0.15) is 0 Å². The third-order valence-corrected chi connectivity index (χ3v) is 3.50. The van der Waals surface area contributed by atoms with Crippen molar-refractivity contribution in [1.82, 2.24) is 14.9 Å². The lowest BCUT2D eigenvalue weighted by Gasteiger charge is -2.14. The third-order valence-electron chi connectivity index (χ3n) is 3.50. The van der Waals surface area contributed by atoms with Gasteiger partial charge in [-0.25, -0.2) is 4.98 Å². The lowest BCUT2D eigenvalue weighted by molar-refractivity contribution is -0.147. The monoisotopic (exact) mass is 317 g/mol. The second kappa shape index (κ2) is 7.76. The van der Waals surface area contributed by atoms with Crippen LogP contribution in [0.4, 0.5) is 0 Å². The Morgan fingerprint density at radius 2 is 2.00 bits per heavy atom. The van der Waals surface area contributed by atoms with E-state index in [9.17, 15) is 9.59 Å². The molecule has 0 saturated heterocycles. The smallest absolute Gasteiger partial charge is 0.306 e. The number of imidazole rings is 1. The maximum atomic E-state index is 12.2. The standard InChI is InChI=1S/C17H23N3O3/c1-12(2)23-16(21)9-6-10-18-17(22)13(3)20-11-19-14-7-4-5-8-15(14)20/h4-5,7-8,11-13H,6,9-10H2,1-3H3,(H,18,22). The first-order valence-corrected chi connectivity index (χ1v) is 7.88. The predicted octanol–water partition coefficient (Wildman–Crippen LogP) is 2.45. The van der Waals surface area contributed by atoms with E-state index < -0.39 is 0 Å². The summed E-state index contributed by atoms with van der Waals surface area (Å²) in [7, 11) is 0. The zero-order valence-corrected chi connectivity index (χ0v) is 13.8. The van der Waals surface area contributed by atoms with E-state index in [1.54, 1.807) is 6.33 Å². The van der Waals surface area contributed by atoms with Gasteiger partial charge in [0.1, 0.15) is 6.04 Å². The van der Waals surface area contributed by atoms with Crippen LogP contribution < -0.4 is 5.32 Å². The molecule has 2 rings (SSSR count). The van der Waals surface area contributed by atoms with Gasteiger partial charge in [0.25, 0.3) is 0 Å². The van der Waals surface area contributed by atoms with Crippen molar-refractivity contribution in [2.75, 3.05) is 6.54 Å². The Labute approximate surface area is 135 Å². The Morgan fingerprint density at radius 1 is 1.26 bits per heavy atom. The normalized spacial score (nSPS) is 12.3. The molecule has 124 valence electrons. The van der Waals surface area contributed by atoms with Gasteiger partial charge in [0, 0.05) is 13.0 Å². The summed E-state index contributed by atoms with van der Waals surface area (Å²) in [5.74, 6) is -0.326. The van der Waals surface area contributed by atoms with Gasteiger partial charge in [-0.05, 0) is 39.3 Å². The third kappa shape index (κ3) is 4.55. The molecule has 6 nitrogen and oxygen atoms in total. The largest absolute Gasteiger partial charge is 0.463 e. The lowest BCUT2D eigenvalue weighted by atomic mass is 10.2. The number of nitrogens with one attached hydrogen (secondary N) is 1. The summed E-state index contributed by atoms with van der Waals surface area (Å²) in [4.78, 5) is 27.9. The summed E-state index contributed by atoms with van der Waals surface area (Å²) in [5, 5.41) is 2.85. The zero-order chi connectivity index (χ0) is 16.8. The minimum Gasteiger partial charge on any atom is -0.463 e. The number of fused-ring (bicyclic) bond motifs is 1. The maximum Gasteiger partial charge on any atom is 0.306 e. The summed E-state index contributed by atoms with van der Waals surface area (Å²) in [6.45, 7) is 5.91. The van der Waals surface area contributed by atoms with Crippen LogP contribution in [-0.4, -0.2) is 34.1 Å². The van der Waals surface area contributed by atoms with E-state index in [-0.39, 0.29) is 24.0 Å². The molecule has 1 unspecified atom stereocenters. The van der Waals surface area contributed by atoms with Crippen LogP contribution in [0, 0.1) is 0 Å². The first kappa shape index (κ1) is 17.0. The lowest BCUT2D eigenvalue weighted by Crippen LogP contribution is -2.31. The average molecular weight is 317 g/mol. The van der Waals surface area contributed by atoms with Crippen molar-refractivity contribution in [1.29, 1.82) is 0 Å². The molecule has 0 saturated carbocycles. The number of aromatic nitrogens is 2. The maximum absolute atomic E-state index is 12.2. The van der Waals surface area contributed by atoms with Gasteiger partial charge in [-0.3, -0.25) is 9.59 Å². The molecule has 1 atom stereocenters. The van der Waals surface area contributed by atoms with Crippen LogP contribution in [0.3, 0.4) is 0 Å². The fraction of sp³-hybridized carbons (Fsp3) is 0.471. The Morgan fingerprint density at radius 3 is 2.74 bits per heavy atom. The molecule has 0 spiro atoms. The van der Waals surface area contributed by atoms with Crippen LogP contribution in [-0.2, 0) is 14.3 Å². The average Bonchev–Trinajstić information content (AvgIpc) is 2.94. The van der Waals surface area contributed by atoms with E-state index in [4.69, 9.17) is 4.74 Å². The van der Waals surface area contributed by atoms with Crippen molar-refractivity contribution < 1.29 is 14.3 Å². The molecule has 6 heteroatoms. The summed E-state index contributed by atoms with van der Waals surface area (Å²) in [5.41, 5.74) is 1.79. The van der Waals surface area contributed by atoms with E-state index in [0.717, 1.165) is 11.0 Å². The molecular weight excluding hydrogens is 294 g/mol. The fourth-order valence-corrected chi connectivity index (χ4v) is 2.33. The van der Waals surface area contributed by atoms with Crippen molar-refractivity contribution in [2.24, 2.45) is 0 Å². The van der Waals surface area contributed by atoms with Crippen LogP contribution in [0.1, 0.15) is 39.7 Å². The number of para-hydroxylation sites is 2. The van der Waals surface area contributed by atoms with E-state index in [2.05, 4.69) is 10.3 Å². The summed E-state index contributed by atoms with van der Waals surface area (Å²) in [6.07, 6.45) is 2.44. The van der Waals surface area contributed by atoms with Gasteiger partial charge in [0.2, 0.25) is 5.91 Å². The van der Waals surface area contributed by atoms with Crippen LogP contribution >= 0.6 is 0 Å². The van der Waals surface area contributed by atoms with Crippen molar-refractivity contribution >= 4 is 22.9 Å². The van der Waals surface area contributed by atoms with Crippen molar-refractivity contribution in [2.45, 2.75) is 45.8 Å². The van der Waals surface area contributed by atoms with Gasteiger partial charge < -0.3 is 14.6 Å². The molecule has 0 aliphatic rings. The number of nitrogens with zero attached hydrogens (tertiary/aromatic N) is 2. The van der Waals surface area contributed by atoms with Crippen LogP contribution in [0.2, 0.25) is 0 Å². The van der Waals surface area contributed by atoms with E-state index in [1.807, 2.05) is 49.6 Å². The number of benzene rings is 1. The number of amides is 1. The molecule has 0 radical (unpaired) electrons. The van der Waals surface area contributed by atoms with E-state index in [0.29, 0.717) is 19.4 Å². The number of carbonyl (C=O) groups excluding carboxylic acids is 2. The summed E-state index contributed by atoms with van der Waals surface area (Å²) in [6, 6.07) is 7.33. The Hall–Kier alpha value is -2.37. The van der Waals surface area contributed by atoms with Crippen molar-refractivity contribution in [3.8, 4) is 0 Å².